The molecular formula is C22H25F3N4O2S. The lowest BCUT2D eigenvalue weighted by Gasteiger charge is -2.25. The van der Waals surface area contributed by atoms with Crippen molar-refractivity contribution in [3.63, 3.8) is 0 Å². The molecule has 32 heavy (non-hydrogen) atoms. The van der Waals surface area contributed by atoms with Gasteiger partial charge in [-0.3, -0.25) is 9.89 Å². The summed E-state index contributed by atoms with van der Waals surface area (Å²) in [6.07, 6.45) is -0.751. The van der Waals surface area contributed by atoms with Gasteiger partial charge in [-0.25, -0.2) is 8.51 Å². The van der Waals surface area contributed by atoms with Crippen LogP contribution in [0.3, 0.4) is 0 Å². The standard InChI is InChI=1S/C22H25F3N4O2S/c1-32(31)29-7-6-19-17(12-29)20(27-26-19)21(30)28-10-14-8-13(9-15(14)11-28)16-4-2-3-5-18(16)22(23,24)25/h2-5,13-15H,6-12H2,1H3,(H,26,27)/t13?,14-,15+,32?. The van der Waals surface area contributed by atoms with Crippen LogP contribution >= 0.6 is 0 Å². The molecule has 3 heterocycles. The summed E-state index contributed by atoms with van der Waals surface area (Å²) in [5.74, 6) is 0.110. The quantitative estimate of drug-likeness (QED) is 0.755. The highest BCUT2D eigenvalue weighted by Gasteiger charge is 2.45. The number of alkyl halides is 3. The van der Waals surface area contributed by atoms with Crippen LogP contribution in [0.4, 0.5) is 13.2 Å². The number of likely N-dealkylation sites (tertiary alicyclic amines) is 1. The minimum atomic E-state index is -4.36. The van der Waals surface area contributed by atoms with E-state index in [0.717, 1.165) is 17.3 Å². The maximum atomic E-state index is 13.4. The van der Waals surface area contributed by atoms with Gasteiger partial charge in [-0.15, -0.1) is 0 Å². The summed E-state index contributed by atoms with van der Waals surface area (Å²) < 4.78 is 54.0. The Morgan fingerprint density at radius 1 is 1.19 bits per heavy atom. The Hall–Kier alpha value is -2.20. The van der Waals surface area contributed by atoms with Gasteiger partial charge in [0.25, 0.3) is 5.91 Å². The molecule has 1 amide bonds. The number of hydrogen-bond donors (Lipinski definition) is 1. The van der Waals surface area contributed by atoms with E-state index in [2.05, 4.69) is 10.2 Å². The van der Waals surface area contributed by atoms with Crippen molar-refractivity contribution in [1.82, 2.24) is 19.4 Å². The predicted molar refractivity (Wildman–Crippen MR) is 113 cm³/mol. The highest BCUT2D eigenvalue weighted by molar-refractivity contribution is 7.81. The molecule has 10 heteroatoms. The van der Waals surface area contributed by atoms with Crippen LogP contribution in [0.2, 0.25) is 0 Å². The van der Waals surface area contributed by atoms with Gasteiger partial charge in [-0.2, -0.15) is 18.3 Å². The second-order valence-electron chi connectivity index (χ2n) is 9.05. The van der Waals surface area contributed by atoms with Crippen molar-refractivity contribution in [3.05, 3.63) is 52.3 Å². The number of carbonyl (C=O) groups excluding carboxylic acids is 1. The number of rotatable bonds is 3. The SMILES string of the molecule is CS(=O)N1CCc2[nH]nc(C(=O)N3C[C@H]4CC(c5ccccc5C(F)(F)F)C[C@H]4C3)c2C1. The van der Waals surface area contributed by atoms with Crippen molar-refractivity contribution >= 4 is 16.9 Å². The van der Waals surface area contributed by atoms with Crippen molar-refractivity contribution in [2.75, 3.05) is 25.9 Å². The molecular weight excluding hydrogens is 441 g/mol. The number of halogens is 3. The number of H-pyrrole nitrogens is 1. The molecule has 0 bridgehead atoms. The van der Waals surface area contributed by atoms with Gasteiger partial charge < -0.3 is 4.90 Å². The molecule has 2 aromatic rings. The van der Waals surface area contributed by atoms with Gasteiger partial charge in [0.1, 0.15) is 0 Å². The topological polar surface area (TPSA) is 69.3 Å². The van der Waals surface area contributed by atoms with Crippen molar-refractivity contribution in [2.45, 2.75) is 37.9 Å². The van der Waals surface area contributed by atoms with Gasteiger partial charge in [0.05, 0.1) is 16.5 Å². The molecule has 1 aromatic heterocycles. The first kappa shape index (κ1) is 21.6. The predicted octanol–water partition coefficient (Wildman–Crippen LogP) is 3.35. The second kappa shape index (κ2) is 7.98. The molecule has 1 aromatic carbocycles. The number of carbonyl (C=O) groups is 1. The van der Waals surface area contributed by atoms with E-state index in [0.29, 0.717) is 56.7 Å². The third kappa shape index (κ3) is 3.77. The summed E-state index contributed by atoms with van der Waals surface area (Å²) >= 11 is 0. The molecule has 4 atom stereocenters. The molecule has 1 saturated carbocycles. The lowest BCUT2D eigenvalue weighted by Crippen LogP contribution is -2.34. The Labute approximate surface area is 186 Å². The summed E-state index contributed by atoms with van der Waals surface area (Å²) in [6.45, 7) is 2.16. The average Bonchev–Trinajstić information content (AvgIpc) is 3.45. The summed E-state index contributed by atoms with van der Waals surface area (Å²) in [5.41, 5.74) is 1.94. The molecule has 5 rings (SSSR count). The molecule has 0 radical (unpaired) electrons. The van der Waals surface area contributed by atoms with Crippen LogP contribution in [0.15, 0.2) is 24.3 Å². The van der Waals surface area contributed by atoms with Crippen LogP contribution in [0.25, 0.3) is 0 Å². The number of hydrogen-bond acceptors (Lipinski definition) is 3. The second-order valence-corrected chi connectivity index (χ2v) is 10.4. The Morgan fingerprint density at radius 3 is 2.53 bits per heavy atom. The summed E-state index contributed by atoms with van der Waals surface area (Å²) in [5, 5.41) is 7.22. The first-order valence-electron chi connectivity index (χ1n) is 10.8. The van der Waals surface area contributed by atoms with Crippen LogP contribution in [-0.4, -0.2) is 55.4 Å². The lowest BCUT2D eigenvalue weighted by atomic mass is 9.91. The summed E-state index contributed by atoms with van der Waals surface area (Å²) in [7, 11) is -1.11. The molecule has 1 N–H and O–H groups in total. The van der Waals surface area contributed by atoms with E-state index in [9.17, 15) is 22.2 Å². The molecule has 2 unspecified atom stereocenters. The molecule has 1 saturated heterocycles. The number of fused-ring (bicyclic) bond motifs is 2. The lowest BCUT2D eigenvalue weighted by molar-refractivity contribution is -0.138. The number of nitrogens with one attached hydrogen (secondary N) is 1. The minimum Gasteiger partial charge on any atom is -0.337 e. The molecule has 2 aliphatic heterocycles. The van der Waals surface area contributed by atoms with Gasteiger partial charge in [0, 0.05) is 50.1 Å². The first-order valence-corrected chi connectivity index (χ1v) is 12.3. The van der Waals surface area contributed by atoms with E-state index in [4.69, 9.17) is 0 Å². The Kier molecular flexibility index (Phi) is 5.40. The van der Waals surface area contributed by atoms with E-state index < -0.39 is 22.7 Å². The van der Waals surface area contributed by atoms with Crippen molar-refractivity contribution in [2.24, 2.45) is 11.8 Å². The van der Waals surface area contributed by atoms with E-state index >= 15 is 0 Å². The van der Waals surface area contributed by atoms with Crippen LogP contribution in [-0.2, 0) is 30.1 Å². The van der Waals surface area contributed by atoms with Gasteiger partial charge >= 0.3 is 6.18 Å². The normalized spacial score (nSPS) is 26.8. The minimum absolute atomic E-state index is 0.133. The average molecular weight is 467 g/mol. The van der Waals surface area contributed by atoms with Gasteiger partial charge in [0.15, 0.2) is 5.69 Å². The van der Waals surface area contributed by atoms with Crippen LogP contribution < -0.4 is 0 Å². The zero-order valence-electron chi connectivity index (χ0n) is 17.7. The fourth-order valence-electron chi connectivity index (χ4n) is 5.65. The third-order valence-corrected chi connectivity index (χ3v) is 8.25. The van der Waals surface area contributed by atoms with Gasteiger partial charge in [0.2, 0.25) is 0 Å². The molecule has 2 fully saturated rings. The summed E-state index contributed by atoms with van der Waals surface area (Å²) in [6, 6.07) is 5.85. The third-order valence-electron chi connectivity index (χ3n) is 7.21. The molecule has 0 spiro atoms. The number of benzene rings is 1. The first-order chi connectivity index (χ1) is 15.2. The number of aromatic amines is 1. The number of amides is 1. The smallest absolute Gasteiger partial charge is 0.337 e. The van der Waals surface area contributed by atoms with Crippen LogP contribution in [0, 0.1) is 11.8 Å². The van der Waals surface area contributed by atoms with Gasteiger partial charge in [-0.05, 0) is 42.2 Å². The van der Waals surface area contributed by atoms with E-state index in [1.54, 1.807) is 23.3 Å². The molecule has 172 valence electrons. The van der Waals surface area contributed by atoms with Crippen molar-refractivity contribution in [1.29, 1.82) is 0 Å². The zero-order valence-corrected chi connectivity index (χ0v) is 18.5. The largest absolute Gasteiger partial charge is 0.416 e. The Balaban J connectivity index is 1.29. The molecule has 3 aliphatic rings. The van der Waals surface area contributed by atoms with E-state index in [1.165, 1.54) is 6.07 Å². The maximum Gasteiger partial charge on any atom is 0.416 e. The maximum absolute atomic E-state index is 13.4. The summed E-state index contributed by atoms with van der Waals surface area (Å²) in [4.78, 5) is 15.0. The molecule has 6 nitrogen and oxygen atoms in total. The highest BCUT2D eigenvalue weighted by Crippen LogP contribution is 2.49. The Morgan fingerprint density at radius 2 is 1.88 bits per heavy atom. The van der Waals surface area contributed by atoms with Crippen molar-refractivity contribution < 1.29 is 22.2 Å². The Bertz CT molecular complexity index is 1060. The van der Waals surface area contributed by atoms with Gasteiger partial charge in [-0.1, -0.05) is 18.2 Å². The fraction of sp³-hybridized carbons (Fsp3) is 0.545. The highest BCUT2D eigenvalue weighted by atomic mass is 32.2. The monoisotopic (exact) mass is 466 g/mol. The molecule has 1 aliphatic carbocycles. The van der Waals surface area contributed by atoms with Crippen LogP contribution in [0.5, 0.6) is 0 Å². The van der Waals surface area contributed by atoms with Crippen LogP contribution in [0.1, 0.15) is 51.6 Å². The fourth-order valence-corrected chi connectivity index (χ4v) is 6.31. The van der Waals surface area contributed by atoms with E-state index in [1.807, 2.05) is 4.31 Å². The van der Waals surface area contributed by atoms with Crippen molar-refractivity contribution in [3.8, 4) is 0 Å². The number of nitrogens with zero attached hydrogens (tertiary/aromatic N) is 3. The van der Waals surface area contributed by atoms with E-state index in [-0.39, 0.29) is 23.7 Å². The number of aromatic nitrogens is 2. The zero-order chi connectivity index (χ0) is 22.6.